The first kappa shape index (κ1) is 17.9. The predicted octanol–water partition coefficient (Wildman–Crippen LogP) is 1.72. The number of halogens is 1. The lowest BCUT2D eigenvalue weighted by molar-refractivity contribution is 0.0691. The summed E-state index contributed by atoms with van der Waals surface area (Å²) in [4.78, 5) is 27.4. The van der Waals surface area contributed by atoms with Crippen molar-refractivity contribution in [3.63, 3.8) is 0 Å². The number of H-pyrrole nitrogens is 1. The molecule has 0 spiro atoms. The van der Waals surface area contributed by atoms with E-state index in [0.29, 0.717) is 25.2 Å². The second-order valence-electron chi connectivity index (χ2n) is 6.24. The molecular weight excluding hydrogens is 343 g/mol. The van der Waals surface area contributed by atoms with E-state index < -0.39 is 34.8 Å². The molecule has 1 unspecified atom stereocenters. The summed E-state index contributed by atoms with van der Waals surface area (Å²) in [6, 6.07) is 4.43. The molecular formula is C18H19FN2O5. The van der Waals surface area contributed by atoms with Gasteiger partial charge < -0.3 is 25.2 Å². The summed E-state index contributed by atoms with van der Waals surface area (Å²) in [6.45, 7) is 2.70. The molecule has 0 bridgehead atoms. The molecule has 0 amide bonds. The third-order valence-corrected chi connectivity index (χ3v) is 4.61. The maximum atomic E-state index is 14.7. The van der Waals surface area contributed by atoms with E-state index in [4.69, 9.17) is 5.11 Å². The van der Waals surface area contributed by atoms with Crippen LogP contribution in [0.1, 0.15) is 29.3 Å². The number of nitrogens with one attached hydrogen (secondary N) is 1. The number of carbonyl (C=O) groups is 1. The fraction of sp³-hybridized carbons (Fsp3) is 0.333. The number of hydrogen-bond acceptors (Lipinski definition) is 5. The van der Waals surface area contributed by atoms with Gasteiger partial charge in [-0.05, 0) is 31.0 Å². The number of nitrogens with zero attached hydrogens (tertiary/aromatic N) is 1. The van der Waals surface area contributed by atoms with Crippen LogP contribution in [0.3, 0.4) is 0 Å². The van der Waals surface area contributed by atoms with Crippen molar-refractivity contribution in [1.82, 2.24) is 4.98 Å². The molecule has 138 valence electrons. The highest BCUT2D eigenvalue weighted by Gasteiger charge is 2.24. The van der Waals surface area contributed by atoms with Crippen LogP contribution in [0.5, 0.6) is 5.75 Å². The maximum absolute atomic E-state index is 14.7. The molecule has 8 heteroatoms. The molecule has 1 saturated heterocycles. The van der Waals surface area contributed by atoms with Gasteiger partial charge in [0.2, 0.25) is 0 Å². The summed E-state index contributed by atoms with van der Waals surface area (Å²) < 4.78 is 14.7. The number of aromatic nitrogens is 1. The van der Waals surface area contributed by atoms with E-state index in [1.165, 1.54) is 12.1 Å². The number of benzene rings is 1. The minimum absolute atomic E-state index is 0.0607. The number of aromatic amines is 1. The van der Waals surface area contributed by atoms with E-state index in [0.717, 1.165) is 0 Å². The van der Waals surface area contributed by atoms with Crippen LogP contribution in [-0.2, 0) is 6.42 Å². The maximum Gasteiger partial charge on any atom is 0.345 e. The minimum Gasteiger partial charge on any atom is -0.506 e. The molecule has 1 aliphatic heterocycles. The number of aliphatic hydroxyl groups excluding tert-OH is 1. The van der Waals surface area contributed by atoms with Crippen molar-refractivity contribution in [3.05, 3.63) is 45.5 Å². The van der Waals surface area contributed by atoms with E-state index >= 15 is 0 Å². The van der Waals surface area contributed by atoms with Gasteiger partial charge in [0.25, 0.3) is 5.56 Å². The van der Waals surface area contributed by atoms with Crippen LogP contribution in [-0.4, -0.2) is 45.5 Å². The lowest BCUT2D eigenvalue weighted by Crippen LogP contribution is -2.21. The average Bonchev–Trinajstić information content (AvgIpc) is 3.00. The second-order valence-corrected chi connectivity index (χ2v) is 6.24. The van der Waals surface area contributed by atoms with E-state index in [1.54, 1.807) is 13.0 Å². The predicted molar refractivity (Wildman–Crippen MR) is 93.3 cm³/mol. The van der Waals surface area contributed by atoms with Crippen molar-refractivity contribution in [1.29, 1.82) is 0 Å². The number of aromatic carboxylic acids is 1. The molecule has 0 aliphatic carbocycles. The Bertz CT molecular complexity index is 925. The molecule has 2 aromatic rings. The van der Waals surface area contributed by atoms with Crippen molar-refractivity contribution < 1.29 is 24.5 Å². The van der Waals surface area contributed by atoms with Gasteiger partial charge >= 0.3 is 5.97 Å². The third-order valence-electron chi connectivity index (χ3n) is 4.61. The molecule has 1 aromatic carbocycles. The molecule has 2 heterocycles. The SMILES string of the molecule is CCc1c(-c2ccc(N3CCC(O)C3)cc2F)[nH]c(=O)c(C(=O)O)c1O. The molecule has 0 radical (unpaired) electrons. The fourth-order valence-electron chi connectivity index (χ4n) is 3.28. The summed E-state index contributed by atoms with van der Waals surface area (Å²) in [7, 11) is 0. The molecule has 26 heavy (non-hydrogen) atoms. The van der Waals surface area contributed by atoms with Crippen LogP contribution in [0.15, 0.2) is 23.0 Å². The highest BCUT2D eigenvalue weighted by molar-refractivity contribution is 5.92. The zero-order valence-electron chi connectivity index (χ0n) is 14.1. The lowest BCUT2D eigenvalue weighted by Gasteiger charge is -2.19. The molecule has 1 fully saturated rings. The Morgan fingerprint density at radius 1 is 1.42 bits per heavy atom. The quantitative estimate of drug-likeness (QED) is 0.659. The van der Waals surface area contributed by atoms with Crippen molar-refractivity contribution in [2.24, 2.45) is 0 Å². The van der Waals surface area contributed by atoms with Crippen molar-refractivity contribution in [3.8, 4) is 17.0 Å². The molecule has 1 aromatic heterocycles. The van der Waals surface area contributed by atoms with Gasteiger partial charge in [-0.2, -0.15) is 0 Å². The van der Waals surface area contributed by atoms with Crippen LogP contribution in [0.25, 0.3) is 11.3 Å². The van der Waals surface area contributed by atoms with Crippen LogP contribution in [0.2, 0.25) is 0 Å². The summed E-state index contributed by atoms with van der Waals surface area (Å²) in [5.74, 6) is -2.81. The van der Waals surface area contributed by atoms with Gasteiger partial charge in [-0.3, -0.25) is 4.79 Å². The molecule has 7 nitrogen and oxygen atoms in total. The number of carboxylic acids is 1. The van der Waals surface area contributed by atoms with Gasteiger partial charge in [0.15, 0.2) is 5.56 Å². The average molecular weight is 362 g/mol. The number of anilines is 1. The number of carboxylic acid groups (broad SMARTS) is 1. The zero-order chi connectivity index (χ0) is 19.0. The van der Waals surface area contributed by atoms with E-state index in [9.17, 15) is 24.2 Å². The number of aliphatic hydroxyl groups is 1. The van der Waals surface area contributed by atoms with Crippen LogP contribution in [0.4, 0.5) is 10.1 Å². The van der Waals surface area contributed by atoms with Gasteiger partial charge in [0.1, 0.15) is 11.6 Å². The van der Waals surface area contributed by atoms with Crippen molar-refractivity contribution >= 4 is 11.7 Å². The van der Waals surface area contributed by atoms with E-state index in [2.05, 4.69) is 4.98 Å². The summed E-state index contributed by atoms with van der Waals surface area (Å²) in [6.07, 6.45) is 0.375. The minimum atomic E-state index is -1.55. The second kappa shape index (κ2) is 6.80. The van der Waals surface area contributed by atoms with E-state index in [-0.39, 0.29) is 23.2 Å². The zero-order valence-corrected chi connectivity index (χ0v) is 14.1. The Hall–Kier alpha value is -2.87. The molecule has 0 saturated carbocycles. The Morgan fingerprint density at radius 2 is 2.15 bits per heavy atom. The summed E-state index contributed by atoms with van der Waals surface area (Å²) >= 11 is 0. The van der Waals surface area contributed by atoms with Gasteiger partial charge in [-0.15, -0.1) is 0 Å². The highest BCUT2D eigenvalue weighted by Crippen LogP contribution is 2.33. The van der Waals surface area contributed by atoms with Crippen LogP contribution >= 0.6 is 0 Å². The summed E-state index contributed by atoms with van der Waals surface area (Å²) in [5, 5.41) is 28.9. The van der Waals surface area contributed by atoms with Gasteiger partial charge in [-0.1, -0.05) is 6.92 Å². The number of aromatic hydroxyl groups is 1. The van der Waals surface area contributed by atoms with Gasteiger partial charge in [-0.25, -0.2) is 9.18 Å². The van der Waals surface area contributed by atoms with Crippen molar-refractivity contribution in [2.75, 3.05) is 18.0 Å². The monoisotopic (exact) mass is 362 g/mol. The van der Waals surface area contributed by atoms with Crippen LogP contribution < -0.4 is 10.5 Å². The van der Waals surface area contributed by atoms with E-state index in [1.807, 2.05) is 4.90 Å². The Morgan fingerprint density at radius 3 is 2.69 bits per heavy atom. The normalized spacial score (nSPS) is 16.9. The Balaban J connectivity index is 2.09. The van der Waals surface area contributed by atoms with Gasteiger partial charge in [0.05, 0.1) is 11.8 Å². The third kappa shape index (κ3) is 3.03. The number of rotatable bonds is 4. The fourth-order valence-corrected chi connectivity index (χ4v) is 3.28. The molecule has 4 N–H and O–H groups in total. The van der Waals surface area contributed by atoms with Crippen molar-refractivity contribution in [2.45, 2.75) is 25.9 Å². The molecule has 3 rings (SSSR count). The topological polar surface area (TPSA) is 114 Å². The molecule has 1 atom stereocenters. The first-order valence-corrected chi connectivity index (χ1v) is 8.27. The summed E-state index contributed by atoms with van der Waals surface area (Å²) in [5.41, 5.74) is -0.859. The lowest BCUT2D eigenvalue weighted by atomic mass is 10.00. The van der Waals surface area contributed by atoms with Gasteiger partial charge in [0, 0.05) is 29.9 Å². The largest absolute Gasteiger partial charge is 0.506 e. The Kier molecular flexibility index (Phi) is 4.69. The highest BCUT2D eigenvalue weighted by atomic mass is 19.1. The first-order chi connectivity index (χ1) is 12.3. The van der Waals surface area contributed by atoms with Crippen LogP contribution in [0, 0.1) is 5.82 Å². The number of β-amino-alcohol motifs (C(OH)–C–C–N with tert-alkyl or cyclic N) is 1. The Labute approximate surface area is 148 Å². The smallest absolute Gasteiger partial charge is 0.345 e. The number of pyridine rings is 1. The standard InChI is InChI=1S/C18H19FN2O5/c1-2-11-15(20-17(24)14(16(11)23)18(25)26)12-4-3-9(7-13(12)19)21-6-5-10(22)8-21/h3-4,7,10,22H,2,5-6,8H2,1H3,(H,25,26)(H2,20,23,24). The number of hydrogen-bond donors (Lipinski definition) is 4. The molecule has 1 aliphatic rings. The first-order valence-electron chi connectivity index (χ1n) is 8.27.